The van der Waals surface area contributed by atoms with Crippen LogP contribution in [-0.4, -0.2) is 82.3 Å². The molecule has 0 aromatic rings. The predicted molar refractivity (Wildman–Crippen MR) is 210 cm³/mol. The Hall–Kier alpha value is -1.71. The summed E-state index contributed by atoms with van der Waals surface area (Å²) in [5.41, 5.74) is 0. The summed E-state index contributed by atoms with van der Waals surface area (Å²) in [5, 5.41) is 11.6. The van der Waals surface area contributed by atoms with Crippen molar-refractivity contribution in [3.63, 3.8) is 0 Å². The van der Waals surface area contributed by atoms with E-state index >= 15 is 0 Å². The largest absolute Gasteiger partial charge is 0.545 e. The molecule has 308 valence electrons. The van der Waals surface area contributed by atoms with E-state index in [1.807, 2.05) is 21.1 Å². The topological polar surface area (TPSA) is 111 Å². The van der Waals surface area contributed by atoms with Crippen LogP contribution in [0.4, 0.5) is 0 Å². The molecule has 0 saturated carbocycles. The number of nitrogens with zero attached hydrogens (tertiary/aromatic N) is 1. The number of unbranched alkanes of at least 4 members (excludes halogenated alkanes) is 25. The molecule has 0 aliphatic rings. The Balaban J connectivity index is 4.35. The van der Waals surface area contributed by atoms with Gasteiger partial charge in [-0.05, 0) is 12.8 Å². The molecule has 0 aromatic carbocycles. The summed E-state index contributed by atoms with van der Waals surface area (Å²) in [6.45, 7) is 4.74. The molecule has 0 rings (SSSR count). The van der Waals surface area contributed by atoms with Gasteiger partial charge in [-0.15, -0.1) is 0 Å². The van der Waals surface area contributed by atoms with Gasteiger partial charge in [0.2, 0.25) is 0 Å². The number of hydrogen-bond donors (Lipinski definition) is 0. The first-order valence-electron chi connectivity index (χ1n) is 21.7. The van der Waals surface area contributed by atoms with Gasteiger partial charge in [-0.3, -0.25) is 9.59 Å². The molecule has 0 saturated heterocycles. The first-order chi connectivity index (χ1) is 25.1. The number of esters is 2. The van der Waals surface area contributed by atoms with E-state index in [0.717, 1.165) is 38.5 Å². The highest BCUT2D eigenvalue weighted by atomic mass is 16.7. The van der Waals surface area contributed by atoms with Crippen molar-refractivity contribution in [3.05, 3.63) is 0 Å². The van der Waals surface area contributed by atoms with Gasteiger partial charge in [0.05, 0.1) is 40.3 Å². The van der Waals surface area contributed by atoms with Crippen molar-refractivity contribution >= 4 is 17.9 Å². The third kappa shape index (κ3) is 36.6. The fourth-order valence-electron chi connectivity index (χ4n) is 6.18. The SMILES string of the molecule is CCCCCCCCCCCCCCCCCCCCC(=O)OC(COC(=O)CCCCCCCCCCC)COC(OCC[N+](C)(C)C)C(=O)[O-]. The van der Waals surface area contributed by atoms with E-state index in [-0.39, 0.29) is 32.2 Å². The van der Waals surface area contributed by atoms with Crippen LogP contribution in [-0.2, 0) is 33.3 Å². The van der Waals surface area contributed by atoms with E-state index in [9.17, 15) is 19.5 Å². The van der Waals surface area contributed by atoms with Crippen molar-refractivity contribution in [2.45, 2.75) is 212 Å². The van der Waals surface area contributed by atoms with Gasteiger partial charge >= 0.3 is 11.9 Å². The van der Waals surface area contributed by atoms with Crippen LogP contribution in [0, 0.1) is 0 Å². The van der Waals surface area contributed by atoms with Gasteiger partial charge in [0.15, 0.2) is 12.4 Å². The molecule has 2 atom stereocenters. The molecule has 9 nitrogen and oxygen atoms in total. The second-order valence-corrected chi connectivity index (χ2v) is 16.0. The fraction of sp³-hybridized carbons (Fsp3) is 0.930. The van der Waals surface area contributed by atoms with Crippen LogP contribution >= 0.6 is 0 Å². The van der Waals surface area contributed by atoms with Gasteiger partial charge in [-0.1, -0.05) is 174 Å². The minimum atomic E-state index is -1.61. The minimum absolute atomic E-state index is 0.152. The van der Waals surface area contributed by atoms with Crippen molar-refractivity contribution in [3.8, 4) is 0 Å². The van der Waals surface area contributed by atoms with Crippen LogP contribution in [0.3, 0.4) is 0 Å². The average Bonchev–Trinajstić information content (AvgIpc) is 3.09. The van der Waals surface area contributed by atoms with Crippen LogP contribution in [0.2, 0.25) is 0 Å². The van der Waals surface area contributed by atoms with E-state index in [2.05, 4.69) is 13.8 Å². The lowest BCUT2D eigenvalue weighted by atomic mass is 10.0. The second-order valence-electron chi connectivity index (χ2n) is 16.0. The van der Waals surface area contributed by atoms with Gasteiger partial charge in [-0.2, -0.15) is 0 Å². The van der Waals surface area contributed by atoms with E-state index in [1.54, 1.807) is 0 Å². The third-order valence-electron chi connectivity index (χ3n) is 9.60. The predicted octanol–water partition coefficient (Wildman–Crippen LogP) is 9.61. The maximum absolute atomic E-state index is 12.7. The lowest BCUT2D eigenvalue weighted by molar-refractivity contribution is -0.870. The van der Waals surface area contributed by atoms with Crippen LogP contribution < -0.4 is 5.11 Å². The van der Waals surface area contributed by atoms with Gasteiger partial charge < -0.3 is 33.3 Å². The number of carbonyl (C=O) groups is 3. The van der Waals surface area contributed by atoms with E-state index < -0.39 is 24.3 Å². The summed E-state index contributed by atoms with van der Waals surface area (Å²) in [5.74, 6) is -2.27. The van der Waals surface area contributed by atoms with Gasteiger partial charge in [0, 0.05) is 12.8 Å². The number of carbonyl (C=O) groups excluding carboxylic acids is 3. The quantitative estimate of drug-likeness (QED) is 0.0264. The Morgan fingerprint density at radius 2 is 0.865 bits per heavy atom. The number of hydrogen-bond acceptors (Lipinski definition) is 8. The van der Waals surface area contributed by atoms with E-state index in [0.29, 0.717) is 17.4 Å². The van der Waals surface area contributed by atoms with Crippen LogP contribution in [0.1, 0.15) is 200 Å². The molecule has 0 bridgehead atoms. The number of ether oxygens (including phenoxy) is 4. The zero-order valence-corrected chi connectivity index (χ0v) is 34.7. The molecule has 0 aliphatic heterocycles. The highest BCUT2D eigenvalue weighted by Crippen LogP contribution is 2.16. The van der Waals surface area contributed by atoms with Crippen molar-refractivity contribution < 1.29 is 42.9 Å². The van der Waals surface area contributed by atoms with Crippen molar-refractivity contribution in [2.24, 2.45) is 0 Å². The van der Waals surface area contributed by atoms with Crippen LogP contribution in [0.15, 0.2) is 0 Å². The summed E-state index contributed by atoms with van der Waals surface area (Å²) in [4.78, 5) is 36.8. The number of likely N-dealkylation sites (N-methyl/N-ethyl adjacent to an activating group) is 1. The average molecular weight is 742 g/mol. The van der Waals surface area contributed by atoms with Crippen molar-refractivity contribution in [2.75, 3.05) is 47.5 Å². The Labute approximate surface area is 320 Å². The lowest BCUT2D eigenvalue weighted by Crippen LogP contribution is -2.44. The van der Waals surface area contributed by atoms with Crippen molar-refractivity contribution in [1.82, 2.24) is 0 Å². The zero-order chi connectivity index (χ0) is 38.5. The van der Waals surface area contributed by atoms with E-state index in [4.69, 9.17) is 18.9 Å². The molecule has 52 heavy (non-hydrogen) atoms. The fourth-order valence-corrected chi connectivity index (χ4v) is 6.18. The molecule has 2 unspecified atom stereocenters. The van der Waals surface area contributed by atoms with Gasteiger partial charge in [0.1, 0.15) is 13.2 Å². The van der Waals surface area contributed by atoms with E-state index in [1.165, 1.54) is 135 Å². The highest BCUT2D eigenvalue weighted by molar-refractivity contribution is 5.70. The molecule has 0 radical (unpaired) electrons. The molecular weight excluding hydrogens is 658 g/mol. The Kier molecular flexibility index (Phi) is 35.1. The summed E-state index contributed by atoms with van der Waals surface area (Å²) < 4.78 is 22.5. The molecule has 0 heterocycles. The first-order valence-corrected chi connectivity index (χ1v) is 21.7. The highest BCUT2D eigenvalue weighted by Gasteiger charge is 2.21. The van der Waals surface area contributed by atoms with Crippen molar-refractivity contribution in [1.29, 1.82) is 0 Å². The number of rotatable bonds is 40. The smallest absolute Gasteiger partial charge is 0.306 e. The molecule has 0 aliphatic carbocycles. The molecule has 9 heteroatoms. The molecule has 0 fully saturated rings. The van der Waals surface area contributed by atoms with Crippen LogP contribution in [0.5, 0.6) is 0 Å². The Bertz CT molecular complexity index is 830. The normalized spacial score (nSPS) is 12.9. The third-order valence-corrected chi connectivity index (χ3v) is 9.60. The maximum atomic E-state index is 12.7. The minimum Gasteiger partial charge on any atom is -0.545 e. The summed E-state index contributed by atoms with van der Waals surface area (Å²) in [6, 6.07) is 0. The number of quaternary nitrogens is 1. The second kappa shape index (κ2) is 36.3. The maximum Gasteiger partial charge on any atom is 0.306 e. The standard InChI is InChI=1S/C43H83NO8/c1-6-8-10-12-14-16-17-18-19-20-21-22-23-24-26-28-30-32-34-41(46)52-39(38-51-43(42(47)48)49-36-35-44(3,4)5)37-50-40(45)33-31-29-27-25-15-13-11-9-7-2/h39,43H,6-38H2,1-5H3. The molecular formula is C43H83NO8. The first kappa shape index (κ1) is 50.3. The molecule has 0 amide bonds. The zero-order valence-electron chi connectivity index (χ0n) is 34.7. The molecule has 0 N–H and O–H groups in total. The molecule has 0 aromatic heterocycles. The van der Waals surface area contributed by atoms with Gasteiger partial charge in [-0.25, -0.2) is 0 Å². The lowest BCUT2D eigenvalue weighted by Gasteiger charge is -2.26. The number of carboxylic acid groups (broad SMARTS) is 1. The Morgan fingerprint density at radius 1 is 0.500 bits per heavy atom. The summed E-state index contributed by atoms with van der Waals surface area (Å²) in [7, 11) is 5.91. The summed E-state index contributed by atoms with van der Waals surface area (Å²) in [6.07, 6.45) is 31.4. The van der Waals surface area contributed by atoms with Gasteiger partial charge in [0.25, 0.3) is 0 Å². The Morgan fingerprint density at radius 3 is 1.23 bits per heavy atom. The number of aliphatic carboxylic acids is 1. The number of carboxylic acids is 1. The summed E-state index contributed by atoms with van der Waals surface area (Å²) >= 11 is 0. The van der Waals surface area contributed by atoms with Crippen LogP contribution in [0.25, 0.3) is 0 Å². The monoisotopic (exact) mass is 742 g/mol. The molecule has 0 spiro atoms.